The van der Waals surface area contributed by atoms with Crippen molar-refractivity contribution in [3.8, 4) is 0 Å². The first-order valence-electron chi connectivity index (χ1n) is 9.32. The maximum absolute atomic E-state index is 13.0. The zero-order valence-electron chi connectivity index (χ0n) is 15.5. The maximum Gasteiger partial charge on any atom is 0.253 e. The van der Waals surface area contributed by atoms with Crippen LogP contribution in [0.2, 0.25) is 0 Å². The van der Waals surface area contributed by atoms with Crippen molar-refractivity contribution < 1.29 is 9.59 Å². The zero-order valence-corrected chi connectivity index (χ0v) is 15.5. The van der Waals surface area contributed by atoms with E-state index in [1.54, 1.807) is 18.2 Å². The van der Waals surface area contributed by atoms with Gasteiger partial charge in [0.15, 0.2) is 0 Å². The Morgan fingerprint density at radius 1 is 1.24 bits per heavy atom. The summed E-state index contributed by atoms with van der Waals surface area (Å²) in [6, 6.07) is 7.14. The van der Waals surface area contributed by atoms with Crippen LogP contribution >= 0.6 is 0 Å². The molecular weight excluding hydrogens is 314 g/mol. The van der Waals surface area contributed by atoms with Gasteiger partial charge < -0.3 is 16.4 Å². The van der Waals surface area contributed by atoms with Gasteiger partial charge >= 0.3 is 0 Å². The highest BCUT2D eigenvalue weighted by atomic mass is 16.2. The second-order valence-electron chi connectivity index (χ2n) is 7.51. The van der Waals surface area contributed by atoms with E-state index in [4.69, 9.17) is 5.73 Å². The number of carbonyl (C=O) groups is 2. The summed E-state index contributed by atoms with van der Waals surface area (Å²) in [6.07, 6.45) is 3.19. The lowest BCUT2D eigenvalue weighted by Gasteiger charge is -2.36. The molecule has 0 bridgehead atoms. The minimum atomic E-state index is -0.209. The fourth-order valence-corrected chi connectivity index (χ4v) is 3.80. The Bertz CT molecular complexity index is 600. The Kier molecular flexibility index (Phi) is 7.00. The van der Waals surface area contributed by atoms with Crippen molar-refractivity contribution in [1.82, 2.24) is 5.32 Å². The van der Waals surface area contributed by atoms with Crippen LogP contribution in [-0.4, -0.2) is 24.9 Å². The van der Waals surface area contributed by atoms with Crippen LogP contribution in [0.15, 0.2) is 24.3 Å². The molecule has 1 aliphatic carbocycles. The summed E-state index contributed by atoms with van der Waals surface area (Å²) in [7, 11) is 0. The molecule has 25 heavy (non-hydrogen) atoms. The lowest BCUT2D eigenvalue weighted by atomic mass is 9.70. The van der Waals surface area contributed by atoms with Gasteiger partial charge in [0.05, 0.1) is 11.3 Å². The van der Waals surface area contributed by atoms with Crippen LogP contribution in [0.3, 0.4) is 0 Å². The largest absolute Gasteiger partial charge is 0.351 e. The second kappa shape index (κ2) is 8.99. The molecule has 0 saturated heterocycles. The van der Waals surface area contributed by atoms with Gasteiger partial charge in [-0.2, -0.15) is 0 Å². The van der Waals surface area contributed by atoms with Gasteiger partial charge in [-0.1, -0.05) is 39.3 Å². The van der Waals surface area contributed by atoms with Crippen LogP contribution in [0.25, 0.3) is 0 Å². The van der Waals surface area contributed by atoms with E-state index in [0.717, 1.165) is 12.8 Å². The summed E-state index contributed by atoms with van der Waals surface area (Å²) in [4.78, 5) is 25.2. The number of hydrogen-bond donors (Lipinski definition) is 3. The van der Waals surface area contributed by atoms with Crippen LogP contribution in [0, 0.1) is 23.7 Å². The molecule has 3 atom stereocenters. The molecule has 1 aliphatic rings. The quantitative estimate of drug-likeness (QED) is 0.741. The van der Waals surface area contributed by atoms with Gasteiger partial charge in [-0.05, 0) is 42.7 Å². The van der Waals surface area contributed by atoms with Gasteiger partial charge in [0.25, 0.3) is 5.91 Å². The Labute approximate surface area is 150 Å². The maximum atomic E-state index is 13.0. The van der Waals surface area contributed by atoms with Crippen molar-refractivity contribution in [1.29, 1.82) is 0 Å². The van der Waals surface area contributed by atoms with E-state index >= 15 is 0 Å². The summed E-state index contributed by atoms with van der Waals surface area (Å²) in [6.45, 7) is 7.39. The average Bonchev–Trinajstić information content (AvgIpc) is 2.59. The third kappa shape index (κ3) is 5.05. The number of nitrogens with one attached hydrogen (secondary N) is 2. The van der Waals surface area contributed by atoms with Gasteiger partial charge in [-0.3, -0.25) is 9.59 Å². The highest BCUT2D eigenvalue weighted by Gasteiger charge is 2.35. The minimum absolute atomic E-state index is 0.00362. The SMILES string of the molecule is CC(C)[C@@H]1CC[C@@H](C)C[C@H]1C(=O)Nc1ccccc1C(=O)NCCN. The van der Waals surface area contributed by atoms with E-state index < -0.39 is 0 Å². The Balaban J connectivity index is 2.15. The molecule has 4 N–H and O–H groups in total. The van der Waals surface area contributed by atoms with Crippen LogP contribution in [0.4, 0.5) is 5.69 Å². The van der Waals surface area contributed by atoms with Gasteiger partial charge in [0.1, 0.15) is 0 Å². The van der Waals surface area contributed by atoms with Crippen molar-refractivity contribution in [2.75, 3.05) is 18.4 Å². The molecule has 1 aromatic carbocycles. The number of rotatable bonds is 6. The average molecular weight is 345 g/mol. The van der Waals surface area contributed by atoms with Crippen LogP contribution in [0.1, 0.15) is 50.4 Å². The molecule has 2 rings (SSSR count). The van der Waals surface area contributed by atoms with Gasteiger partial charge in [-0.15, -0.1) is 0 Å². The predicted molar refractivity (Wildman–Crippen MR) is 101 cm³/mol. The van der Waals surface area contributed by atoms with E-state index in [0.29, 0.717) is 42.1 Å². The van der Waals surface area contributed by atoms with Crippen LogP contribution in [-0.2, 0) is 4.79 Å². The summed E-state index contributed by atoms with van der Waals surface area (Å²) < 4.78 is 0. The number of amides is 2. The van der Waals surface area contributed by atoms with E-state index in [1.165, 1.54) is 6.42 Å². The Hall–Kier alpha value is -1.88. The first-order chi connectivity index (χ1) is 11.9. The molecule has 1 aromatic rings. The first kappa shape index (κ1) is 19.4. The Morgan fingerprint density at radius 3 is 2.64 bits per heavy atom. The second-order valence-corrected chi connectivity index (χ2v) is 7.51. The lowest BCUT2D eigenvalue weighted by molar-refractivity contribution is -0.123. The number of hydrogen-bond acceptors (Lipinski definition) is 3. The predicted octanol–water partition coefficient (Wildman–Crippen LogP) is 3.02. The molecule has 0 heterocycles. The zero-order chi connectivity index (χ0) is 18.4. The smallest absolute Gasteiger partial charge is 0.253 e. The van der Waals surface area contributed by atoms with E-state index in [2.05, 4.69) is 31.4 Å². The third-order valence-corrected chi connectivity index (χ3v) is 5.22. The van der Waals surface area contributed by atoms with Crippen molar-refractivity contribution >= 4 is 17.5 Å². The molecule has 0 spiro atoms. The molecule has 5 heteroatoms. The molecule has 0 aromatic heterocycles. The van der Waals surface area contributed by atoms with Crippen molar-refractivity contribution in [3.05, 3.63) is 29.8 Å². The van der Waals surface area contributed by atoms with E-state index in [9.17, 15) is 9.59 Å². The summed E-state index contributed by atoms with van der Waals surface area (Å²) in [5, 5.41) is 5.77. The van der Waals surface area contributed by atoms with Crippen molar-refractivity contribution in [2.45, 2.75) is 40.0 Å². The van der Waals surface area contributed by atoms with Gasteiger partial charge in [-0.25, -0.2) is 0 Å². The lowest BCUT2D eigenvalue weighted by Crippen LogP contribution is -2.37. The van der Waals surface area contributed by atoms with Crippen molar-refractivity contribution in [2.24, 2.45) is 29.4 Å². The number of para-hydroxylation sites is 1. The number of benzene rings is 1. The normalized spacial score (nSPS) is 23.3. The van der Waals surface area contributed by atoms with E-state index in [1.807, 2.05) is 6.07 Å². The van der Waals surface area contributed by atoms with Gasteiger partial charge in [0, 0.05) is 19.0 Å². The molecule has 0 unspecified atom stereocenters. The van der Waals surface area contributed by atoms with Crippen LogP contribution < -0.4 is 16.4 Å². The van der Waals surface area contributed by atoms with E-state index in [-0.39, 0.29) is 17.7 Å². The fraction of sp³-hybridized carbons (Fsp3) is 0.600. The standard InChI is InChI=1S/C20H31N3O2/c1-13(2)15-9-8-14(3)12-17(15)20(25)23-18-7-5-4-6-16(18)19(24)22-11-10-21/h4-7,13-15,17H,8-12,21H2,1-3H3,(H,22,24)(H,23,25)/t14-,15+,17-/m1/s1. The monoisotopic (exact) mass is 345 g/mol. The topological polar surface area (TPSA) is 84.2 Å². The summed E-state index contributed by atoms with van der Waals surface area (Å²) >= 11 is 0. The van der Waals surface area contributed by atoms with Crippen LogP contribution in [0.5, 0.6) is 0 Å². The summed E-state index contributed by atoms with van der Waals surface area (Å²) in [5.41, 5.74) is 6.50. The molecule has 2 amide bonds. The number of carbonyl (C=O) groups excluding carboxylic acids is 2. The molecule has 5 nitrogen and oxygen atoms in total. The third-order valence-electron chi connectivity index (χ3n) is 5.22. The highest BCUT2D eigenvalue weighted by molar-refractivity contribution is 6.04. The fourth-order valence-electron chi connectivity index (χ4n) is 3.80. The molecule has 0 radical (unpaired) electrons. The number of anilines is 1. The minimum Gasteiger partial charge on any atom is -0.351 e. The van der Waals surface area contributed by atoms with Crippen molar-refractivity contribution in [3.63, 3.8) is 0 Å². The molecular formula is C20H31N3O2. The molecule has 138 valence electrons. The molecule has 1 fully saturated rings. The highest BCUT2D eigenvalue weighted by Crippen LogP contribution is 2.38. The van der Waals surface area contributed by atoms with Gasteiger partial charge in [0.2, 0.25) is 5.91 Å². The first-order valence-corrected chi connectivity index (χ1v) is 9.32. The molecule has 1 saturated carbocycles. The Morgan fingerprint density at radius 2 is 1.96 bits per heavy atom. The summed E-state index contributed by atoms with van der Waals surface area (Å²) in [5.74, 6) is 1.27. The molecule has 0 aliphatic heterocycles. The number of nitrogens with two attached hydrogens (primary N) is 1.